The molecule has 2 aromatic carbocycles. The van der Waals surface area contributed by atoms with Crippen molar-refractivity contribution in [3.63, 3.8) is 0 Å². The molecule has 10 heteroatoms. The van der Waals surface area contributed by atoms with Gasteiger partial charge in [0.25, 0.3) is 5.91 Å². The molecular formula is C31H34N6O4. The molecule has 0 aliphatic carbocycles. The van der Waals surface area contributed by atoms with Crippen LogP contribution in [0.25, 0.3) is 0 Å². The molecule has 3 aromatic rings. The molecule has 2 amide bonds. The Bertz CT molecular complexity index is 1500. The minimum Gasteiger partial charge on any atom is -0.396 e. The first-order valence-corrected chi connectivity index (χ1v) is 13.8. The second kappa shape index (κ2) is 12.0. The lowest BCUT2D eigenvalue weighted by Gasteiger charge is -2.28. The zero-order valence-electron chi connectivity index (χ0n) is 23.1. The monoisotopic (exact) mass is 554 g/mol. The number of hydrogen-bond donors (Lipinski definition) is 2. The molecular weight excluding hydrogens is 520 g/mol. The fourth-order valence-electron chi connectivity index (χ4n) is 5.29. The van der Waals surface area contributed by atoms with E-state index in [1.807, 2.05) is 42.5 Å². The number of allylic oxidation sites excluding steroid dienone is 1. The van der Waals surface area contributed by atoms with Crippen LogP contribution in [-0.4, -0.2) is 55.9 Å². The predicted molar refractivity (Wildman–Crippen MR) is 156 cm³/mol. The van der Waals surface area contributed by atoms with Crippen molar-refractivity contribution in [1.29, 1.82) is 0 Å². The summed E-state index contributed by atoms with van der Waals surface area (Å²) in [6.45, 7) is 6.40. The third-order valence-electron chi connectivity index (χ3n) is 7.51. The van der Waals surface area contributed by atoms with Crippen LogP contribution >= 0.6 is 0 Å². The zero-order chi connectivity index (χ0) is 29.0. The smallest absolute Gasteiger partial charge is 0.264 e. The van der Waals surface area contributed by atoms with Gasteiger partial charge in [0.15, 0.2) is 5.60 Å². The van der Waals surface area contributed by atoms with E-state index in [1.54, 1.807) is 42.1 Å². The Morgan fingerprint density at radius 3 is 2.71 bits per heavy atom. The van der Waals surface area contributed by atoms with Gasteiger partial charge in [0.1, 0.15) is 0 Å². The van der Waals surface area contributed by atoms with Crippen molar-refractivity contribution in [3.8, 4) is 0 Å². The van der Waals surface area contributed by atoms with E-state index in [4.69, 9.17) is 5.11 Å². The zero-order valence-corrected chi connectivity index (χ0v) is 23.1. The van der Waals surface area contributed by atoms with Crippen molar-refractivity contribution in [2.24, 2.45) is 11.0 Å². The maximum atomic E-state index is 13.7. The van der Waals surface area contributed by atoms with Gasteiger partial charge in [0.2, 0.25) is 5.91 Å². The number of amides is 2. The van der Waals surface area contributed by atoms with Crippen LogP contribution in [-0.2, 0) is 28.2 Å². The summed E-state index contributed by atoms with van der Waals surface area (Å²) in [7, 11) is 0. The van der Waals surface area contributed by atoms with Gasteiger partial charge in [0, 0.05) is 56.6 Å². The third kappa shape index (κ3) is 5.48. The Morgan fingerprint density at radius 2 is 1.95 bits per heavy atom. The molecule has 0 fully saturated rings. The number of benzene rings is 2. The van der Waals surface area contributed by atoms with E-state index in [9.17, 15) is 14.7 Å². The minimum atomic E-state index is -1.84. The Balaban J connectivity index is 1.42. The normalized spacial score (nSPS) is 19.5. The molecule has 2 aliphatic rings. The van der Waals surface area contributed by atoms with Gasteiger partial charge in [-0.3, -0.25) is 14.3 Å². The standard InChI is InChI=1S/C31H34N6O4/c1-3-17-36-28-14-12-25(37-29(39)15-13-27(33-37)23-10-5-4-6-11-23)20-26(28)31(41,30(36)40)22(2)9-7-8-18-35-21-24(16-19-38)32-34-35/h3-7,9-12,14,20-22,38,41H,1,8,13,15-19H2,2H3/b9-7+/t22-,31+/m0/s1. The highest BCUT2D eigenvalue weighted by atomic mass is 16.3. The van der Waals surface area contributed by atoms with Crippen molar-refractivity contribution in [1.82, 2.24) is 15.0 Å². The van der Waals surface area contributed by atoms with Crippen molar-refractivity contribution >= 4 is 28.9 Å². The number of aryl methyl sites for hydroxylation is 1. The molecule has 3 heterocycles. The molecule has 212 valence electrons. The quantitative estimate of drug-likeness (QED) is 0.351. The largest absolute Gasteiger partial charge is 0.396 e. The van der Waals surface area contributed by atoms with Crippen LogP contribution in [0.15, 0.2) is 84.6 Å². The van der Waals surface area contributed by atoms with Crippen molar-refractivity contribution < 1.29 is 19.8 Å². The summed E-state index contributed by atoms with van der Waals surface area (Å²) in [5.41, 5.74) is 2.14. The second-order valence-corrected chi connectivity index (χ2v) is 10.2. The number of aliphatic hydroxyl groups is 2. The molecule has 10 nitrogen and oxygen atoms in total. The number of fused-ring (bicyclic) bond motifs is 1. The van der Waals surface area contributed by atoms with E-state index in [-0.39, 0.29) is 19.1 Å². The van der Waals surface area contributed by atoms with Crippen LogP contribution in [0.3, 0.4) is 0 Å². The van der Waals surface area contributed by atoms with Gasteiger partial charge in [-0.25, -0.2) is 5.01 Å². The van der Waals surface area contributed by atoms with Crippen LogP contribution in [0.1, 0.15) is 43.0 Å². The summed E-state index contributed by atoms with van der Waals surface area (Å²) < 4.78 is 1.70. The number of anilines is 2. The maximum absolute atomic E-state index is 13.7. The molecule has 1 aromatic heterocycles. The van der Waals surface area contributed by atoms with E-state index in [1.165, 1.54) is 9.91 Å². The second-order valence-electron chi connectivity index (χ2n) is 10.2. The van der Waals surface area contributed by atoms with Gasteiger partial charge in [-0.15, -0.1) is 11.7 Å². The van der Waals surface area contributed by atoms with Gasteiger partial charge in [-0.1, -0.05) is 60.7 Å². The summed E-state index contributed by atoms with van der Waals surface area (Å²) in [5.74, 6) is -1.16. The molecule has 5 rings (SSSR count). The van der Waals surface area contributed by atoms with Gasteiger partial charge >= 0.3 is 0 Å². The van der Waals surface area contributed by atoms with Crippen molar-refractivity contribution in [2.75, 3.05) is 23.1 Å². The Hall–Kier alpha value is -4.41. The molecule has 41 heavy (non-hydrogen) atoms. The Morgan fingerprint density at radius 1 is 1.15 bits per heavy atom. The van der Waals surface area contributed by atoms with Gasteiger partial charge < -0.3 is 15.1 Å². The summed E-state index contributed by atoms with van der Waals surface area (Å²) in [6.07, 6.45) is 9.06. The number of rotatable bonds is 11. The highest BCUT2D eigenvalue weighted by molar-refractivity contribution is 6.10. The number of hydrazone groups is 1. The maximum Gasteiger partial charge on any atom is 0.264 e. The molecule has 2 N–H and O–H groups in total. The lowest BCUT2D eigenvalue weighted by molar-refractivity contribution is -0.139. The van der Waals surface area contributed by atoms with E-state index >= 15 is 0 Å². The Labute approximate surface area is 238 Å². The lowest BCUT2D eigenvalue weighted by Crippen LogP contribution is -2.44. The van der Waals surface area contributed by atoms with E-state index in [0.29, 0.717) is 49.2 Å². The first-order valence-electron chi connectivity index (χ1n) is 13.8. The van der Waals surface area contributed by atoms with E-state index < -0.39 is 17.4 Å². The predicted octanol–water partition coefficient (Wildman–Crippen LogP) is 3.35. The van der Waals surface area contributed by atoms with Crippen LogP contribution in [0.4, 0.5) is 11.4 Å². The first kappa shape index (κ1) is 28.1. The third-order valence-corrected chi connectivity index (χ3v) is 7.51. The fraction of sp³-hybridized carbons (Fsp3) is 0.323. The topological polar surface area (TPSA) is 124 Å². The molecule has 2 aliphatic heterocycles. The number of aromatic nitrogens is 3. The number of hydrogen-bond acceptors (Lipinski definition) is 7. The molecule has 0 spiro atoms. The summed E-state index contributed by atoms with van der Waals surface area (Å²) >= 11 is 0. The SMILES string of the molecule is C=CCN1C(=O)[C@@](O)([C@@H](C)/C=C/CCn2cc(CCO)nn2)c2cc(N3N=C(c4ccccc4)CCC3=O)ccc21. The lowest BCUT2D eigenvalue weighted by atomic mass is 9.82. The number of carbonyl (C=O) groups excluding carboxylic acids is 2. The van der Waals surface area contributed by atoms with Crippen LogP contribution in [0.2, 0.25) is 0 Å². The molecule has 0 radical (unpaired) electrons. The van der Waals surface area contributed by atoms with E-state index in [0.717, 1.165) is 17.0 Å². The Kier molecular flexibility index (Phi) is 8.23. The number of nitrogens with zero attached hydrogens (tertiary/aromatic N) is 6. The number of aliphatic hydroxyl groups excluding tert-OH is 1. The van der Waals surface area contributed by atoms with Crippen LogP contribution in [0, 0.1) is 5.92 Å². The van der Waals surface area contributed by atoms with Crippen LogP contribution in [0.5, 0.6) is 0 Å². The van der Waals surface area contributed by atoms with E-state index in [2.05, 4.69) is 22.0 Å². The average molecular weight is 555 g/mol. The van der Waals surface area contributed by atoms with Crippen molar-refractivity contribution in [3.05, 3.63) is 96.4 Å². The molecule has 0 unspecified atom stereocenters. The summed E-state index contributed by atoms with van der Waals surface area (Å²) in [5, 5.41) is 35.2. The number of carbonyl (C=O) groups is 2. The highest BCUT2D eigenvalue weighted by Gasteiger charge is 2.52. The molecule has 0 bridgehead atoms. The first-order chi connectivity index (χ1) is 19.9. The van der Waals surface area contributed by atoms with Gasteiger partial charge in [0.05, 0.1) is 22.8 Å². The van der Waals surface area contributed by atoms with Gasteiger partial charge in [-0.2, -0.15) is 5.10 Å². The van der Waals surface area contributed by atoms with Crippen molar-refractivity contribution in [2.45, 2.75) is 44.8 Å². The van der Waals surface area contributed by atoms with Crippen LogP contribution < -0.4 is 9.91 Å². The fourth-order valence-corrected chi connectivity index (χ4v) is 5.29. The minimum absolute atomic E-state index is 0.0151. The summed E-state index contributed by atoms with van der Waals surface area (Å²) in [4.78, 5) is 28.1. The molecule has 2 atom stereocenters. The van der Waals surface area contributed by atoms with Gasteiger partial charge in [-0.05, 0) is 30.2 Å². The summed E-state index contributed by atoms with van der Waals surface area (Å²) in [6, 6.07) is 14.9. The average Bonchev–Trinajstić information content (AvgIpc) is 3.53. The molecule has 0 saturated carbocycles. The molecule has 0 saturated heterocycles. The highest BCUT2D eigenvalue weighted by Crippen LogP contribution is 2.46.